The van der Waals surface area contributed by atoms with Gasteiger partial charge in [0.2, 0.25) is 0 Å². The zero-order valence-electron chi connectivity index (χ0n) is 11.0. The summed E-state index contributed by atoms with van der Waals surface area (Å²) in [4.78, 5) is 10.3. The van der Waals surface area contributed by atoms with Gasteiger partial charge in [0, 0.05) is 22.9 Å². The summed E-state index contributed by atoms with van der Waals surface area (Å²) >= 11 is 3.32. The van der Waals surface area contributed by atoms with Crippen LogP contribution in [-0.2, 0) is 10.7 Å². The van der Waals surface area contributed by atoms with Crippen molar-refractivity contribution >= 4 is 21.9 Å². The molecule has 0 aliphatic heterocycles. The first-order chi connectivity index (χ1) is 8.74. The number of hydrogen-bond donors (Lipinski definition) is 1. The van der Waals surface area contributed by atoms with Crippen molar-refractivity contribution in [2.45, 2.75) is 45.5 Å². The number of benzene rings is 1. The molecule has 0 aliphatic carbocycles. The van der Waals surface area contributed by atoms with Crippen molar-refractivity contribution in [1.29, 1.82) is 0 Å². The fourth-order valence-corrected chi connectivity index (χ4v) is 2.39. The molecule has 0 bridgehead atoms. The zero-order valence-corrected chi connectivity index (χ0v) is 12.6. The molecule has 106 valence electrons. The lowest BCUT2D eigenvalue weighted by atomic mass is 9.96. The molecule has 1 aromatic rings. The molecular formula is C14H17BrF2O2. The van der Waals surface area contributed by atoms with Crippen LogP contribution >= 0.6 is 15.9 Å². The minimum Gasteiger partial charge on any atom is -0.481 e. The number of carbonyl (C=O) groups is 1. The van der Waals surface area contributed by atoms with Crippen LogP contribution in [0.4, 0.5) is 8.78 Å². The van der Waals surface area contributed by atoms with E-state index in [2.05, 4.69) is 15.9 Å². The molecular weight excluding hydrogens is 318 g/mol. The van der Waals surface area contributed by atoms with Crippen molar-refractivity contribution in [3.63, 3.8) is 0 Å². The number of carboxylic acids is 1. The summed E-state index contributed by atoms with van der Waals surface area (Å²) in [7, 11) is 0. The normalized spacial score (nSPS) is 11.6. The van der Waals surface area contributed by atoms with Crippen LogP contribution in [0, 0.1) is 13.8 Å². The van der Waals surface area contributed by atoms with Gasteiger partial charge in [-0.3, -0.25) is 4.79 Å². The Bertz CT molecular complexity index is 473. The zero-order chi connectivity index (χ0) is 14.6. The number of halogens is 3. The SMILES string of the molecule is Cc1cc(C(F)(F)CCCCC(=O)O)c(C)cc1Br. The van der Waals surface area contributed by atoms with Gasteiger partial charge in [0.05, 0.1) is 0 Å². The van der Waals surface area contributed by atoms with Gasteiger partial charge < -0.3 is 5.11 Å². The third-order valence-electron chi connectivity index (χ3n) is 3.03. The fraction of sp³-hybridized carbons (Fsp3) is 0.500. The van der Waals surface area contributed by atoms with E-state index >= 15 is 0 Å². The van der Waals surface area contributed by atoms with E-state index in [1.54, 1.807) is 19.9 Å². The lowest BCUT2D eigenvalue weighted by molar-refractivity contribution is -0.137. The van der Waals surface area contributed by atoms with Crippen molar-refractivity contribution in [2.75, 3.05) is 0 Å². The number of alkyl halides is 2. The van der Waals surface area contributed by atoms with Crippen LogP contribution < -0.4 is 0 Å². The molecule has 0 spiro atoms. The maximum Gasteiger partial charge on any atom is 0.303 e. The Kier molecular flexibility index (Phi) is 5.47. The molecule has 0 aromatic heterocycles. The standard InChI is InChI=1S/C14H17BrF2O2/c1-9-8-12(15)10(2)7-11(9)14(16,17)6-4-3-5-13(18)19/h7-8H,3-6H2,1-2H3,(H,18,19). The Hall–Kier alpha value is -0.970. The van der Waals surface area contributed by atoms with Crippen molar-refractivity contribution in [3.8, 4) is 0 Å². The molecule has 0 unspecified atom stereocenters. The van der Waals surface area contributed by atoms with Crippen LogP contribution in [-0.4, -0.2) is 11.1 Å². The maximum atomic E-state index is 14.1. The highest BCUT2D eigenvalue weighted by molar-refractivity contribution is 9.10. The molecule has 0 saturated carbocycles. The number of rotatable bonds is 6. The molecule has 0 fully saturated rings. The van der Waals surface area contributed by atoms with E-state index in [-0.39, 0.29) is 31.2 Å². The molecule has 0 amide bonds. The first-order valence-electron chi connectivity index (χ1n) is 6.11. The monoisotopic (exact) mass is 334 g/mol. The second-order valence-corrected chi connectivity index (χ2v) is 5.58. The van der Waals surface area contributed by atoms with Crippen LogP contribution in [0.25, 0.3) is 0 Å². The molecule has 1 aromatic carbocycles. The van der Waals surface area contributed by atoms with Gasteiger partial charge in [-0.1, -0.05) is 15.9 Å². The third kappa shape index (κ3) is 4.56. The maximum absolute atomic E-state index is 14.1. The van der Waals surface area contributed by atoms with Crippen molar-refractivity contribution < 1.29 is 18.7 Å². The average Bonchev–Trinajstić information content (AvgIpc) is 2.29. The van der Waals surface area contributed by atoms with E-state index in [9.17, 15) is 13.6 Å². The van der Waals surface area contributed by atoms with Gasteiger partial charge in [-0.2, -0.15) is 0 Å². The number of aliphatic carboxylic acids is 1. The topological polar surface area (TPSA) is 37.3 Å². The molecule has 0 aliphatic rings. The summed E-state index contributed by atoms with van der Waals surface area (Å²) in [6, 6.07) is 3.19. The molecule has 19 heavy (non-hydrogen) atoms. The average molecular weight is 335 g/mol. The van der Waals surface area contributed by atoms with E-state index < -0.39 is 11.9 Å². The molecule has 0 heterocycles. The quantitative estimate of drug-likeness (QED) is 0.758. The highest BCUT2D eigenvalue weighted by atomic mass is 79.9. The largest absolute Gasteiger partial charge is 0.481 e. The van der Waals surface area contributed by atoms with E-state index in [0.29, 0.717) is 5.56 Å². The second-order valence-electron chi connectivity index (χ2n) is 4.72. The Morgan fingerprint density at radius 3 is 2.47 bits per heavy atom. The Balaban J connectivity index is 2.76. The summed E-state index contributed by atoms with van der Waals surface area (Å²) in [5.41, 5.74) is 1.34. The molecule has 0 saturated heterocycles. The van der Waals surface area contributed by atoms with E-state index in [0.717, 1.165) is 10.0 Å². The molecule has 0 atom stereocenters. The highest BCUT2D eigenvalue weighted by Gasteiger charge is 2.32. The van der Waals surface area contributed by atoms with Crippen LogP contribution in [0.3, 0.4) is 0 Å². The van der Waals surface area contributed by atoms with Crippen LogP contribution in [0.5, 0.6) is 0 Å². The van der Waals surface area contributed by atoms with Gasteiger partial charge >= 0.3 is 5.97 Å². The van der Waals surface area contributed by atoms with Gasteiger partial charge in [-0.15, -0.1) is 0 Å². The third-order valence-corrected chi connectivity index (χ3v) is 3.89. The number of carboxylic acid groups (broad SMARTS) is 1. The highest BCUT2D eigenvalue weighted by Crippen LogP contribution is 2.37. The number of aryl methyl sites for hydroxylation is 2. The minimum atomic E-state index is -2.91. The van der Waals surface area contributed by atoms with Crippen molar-refractivity contribution in [3.05, 3.63) is 33.3 Å². The van der Waals surface area contributed by atoms with Crippen LogP contribution in [0.15, 0.2) is 16.6 Å². The summed E-state index contributed by atoms with van der Waals surface area (Å²) in [5.74, 6) is -3.85. The van der Waals surface area contributed by atoms with Crippen LogP contribution in [0.1, 0.15) is 42.4 Å². The predicted octanol–water partition coefficient (Wildman–Crippen LogP) is 4.80. The number of hydrogen-bond acceptors (Lipinski definition) is 1. The fourth-order valence-electron chi connectivity index (χ4n) is 1.93. The lowest BCUT2D eigenvalue weighted by Gasteiger charge is -2.20. The van der Waals surface area contributed by atoms with Gasteiger partial charge in [-0.05, 0) is 49.9 Å². The summed E-state index contributed by atoms with van der Waals surface area (Å²) < 4.78 is 29.0. The molecule has 0 radical (unpaired) electrons. The first kappa shape index (κ1) is 16.1. The summed E-state index contributed by atoms with van der Waals surface area (Å²) in [6.45, 7) is 3.43. The van der Waals surface area contributed by atoms with Gasteiger partial charge in [0.15, 0.2) is 0 Å². The summed E-state index contributed by atoms with van der Waals surface area (Å²) in [6.07, 6.45) is 0.101. The van der Waals surface area contributed by atoms with Gasteiger partial charge in [-0.25, -0.2) is 8.78 Å². The Morgan fingerprint density at radius 2 is 1.89 bits per heavy atom. The summed E-state index contributed by atoms with van der Waals surface area (Å²) in [5, 5.41) is 8.48. The van der Waals surface area contributed by atoms with E-state index in [1.165, 1.54) is 6.07 Å². The molecule has 2 nitrogen and oxygen atoms in total. The van der Waals surface area contributed by atoms with Gasteiger partial charge in [0.25, 0.3) is 5.92 Å². The Morgan fingerprint density at radius 1 is 1.26 bits per heavy atom. The van der Waals surface area contributed by atoms with Gasteiger partial charge in [0.1, 0.15) is 0 Å². The lowest BCUT2D eigenvalue weighted by Crippen LogP contribution is -2.15. The van der Waals surface area contributed by atoms with Crippen LogP contribution in [0.2, 0.25) is 0 Å². The number of unbranched alkanes of at least 4 members (excludes halogenated alkanes) is 1. The molecule has 1 N–H and O–H groups in total. The molecule has 1 rings (SSSR count). The molecule has 5 heteroatoms. The van der Waals surface area contributed by atoms with E-state index in [4.69, 9.17) is 5.11 Å². The minimum absolute atomic E-state index is 0.0310. The van der Waals surface area contributed by atoms with E-state index in [1.807, 2.05) is 0 Å². The predicted molar refractivity (Wildman–Crippen MR) is 73.6 cm³/mol. The first-order valence-corrected chi connectivity index (χ1v) is 6.90. The smallest absolute Gasteiger partial charge is 0.303 e. The van der Waals surface area contributed by atoms with Crippen molar-refractivity contribution in [1.82, 2.24) is 0 Å². The second kappa shape index (κ2) is 6.46. The van der Waals surface area contributed by atoms with Crippen molar-refractivity contribution in [2.24, 2.45) is 0 Å². The Labute approximate surface area is 120 Å².